The summed E-state index contributed by atoms with van der Waals surface area (Å²) in [6, 6.07) is 0. The van der Waals surface area contributed by atoms with Gasteiger partial charge in [0, 0.05) is 18.5 Å². The number of rotatable bonds is 5. The molecule has 0 aromatic rings. The van der Waals surface area contributed by atoms with Crippen molar-refractivity contribution in [1.82, 2.24) is 4.90 Å². The van der Waals surface area contributed by atoms with Gasteiger partial charge in [-0.05, 0) is 37.8 Å². The van der Waals surface area contributed by atoms with Crippen molar-refractivity contribution in [3.8, 4) is 0 Å². The van der Waals surface area contributed by atoms with Crippen LogP contribution < -0.4 is 0 Å². The lowest BCUT2D eigenvalue weighted by Gasteiger charge is -2.33. The van der Waals surface area contributed by atoms with Gasteiger partial charge < -0.3 is 10.0 Å². The van der Waals surface area contributed by atoms with Gasteiger partial charge in [0.15, 0.2) is 0 Å². The molecule has 1 unspecified atom stereocenters. The summed E-state index contributed by atoms with van der Waals surface area (Å²) in [6.07, 6.45) is 3.61. The summed E-state index contributed by atoms with van der Waals surface area (Å²) in [4.78, 5) is 2.54. The highest BCUT2D eigenvalue weighted by molar-refractivity contribution is 9.09. The molecule has 1 atom stereocenters. The van der Waals surface area contributed by atoms with Gasteiger partial charge in [-0.25, -0.2) is 0 Å². The molecule has 0 amide bonds. The summed E-state index contributed by atoms with van der Waals surface area (Å²) in [5.41, 5.74) is 0. The maximum Gasteiger partial charge on any atom is 0.0460 e. The molecule has 1 saturated heterocycles. The van der Waals surface area contributed by atoms with Gasteiger partial charge in [-0.3, -0.25) is 0 Å². The van der Waals surface area contributed by atoms with Crippen molar-refractivity contribution in [3.05, 3.63) is 0 Å². The molecule has 0 saturated carbocycles. The fraction of sp³-hybridized carbons (Fsp3) is 1.00. The van der Waals surface area contributed by atoms with Gasteiger partial charge in [0.1, 0.15) is 0 Å². The summed E-state index contributed by atoms with van der Waals surface area (Å²) in [7, 11) is 0. The minimum atomic E-state index is 0.378. The van der Waals surface area contributed by atoms with Crippen LogP contribution in [0.4, 0.5) is 0 Å². The molecule has 0 bridgehead atoms. The summed E-state index contributed by atoms with van der Waals surface area (Å²) in [5.74, 6) is 1.36. The molecule has 1 fully saturated rings. The number of likely N-dealkylation sites (tertiary alicyclic amines) is 1. The fourth-order valence-corrected chi connectivity index (χ4v) is 2.67. The van der Waals surface area contributed by atoms with Crippen LogP contribution in [-0.4, -0.2) is 41.6 Å². The molecule has 0 aromatic heterocycles. The first-order valence-electron chi connectivity index (χ1n) is 5.69. The van der Waals surface area contributed by atoms with E-state index in [1.54, 1.807) is 0 Å². The van der Waals surface area contributed by atoms with Crippen LogP contribution in [0, 0.1) is 11.8 Å². The van der Waals surface area contributed by atoms with Crippen molar-refractivity contribution in [2.75, 3.05) is 31.6 Å². The van der Waals surface area contributed by atoms with E-state index in [0.717, 1.165) is 11.2 Å². The zero-order chi connectivity index (χ0) is 10.4. The predicted molar refractivity (Wildman–Crippen MR) is 63.8 cm³/mol. The second-order valence-corrected chi connectivity index (χ2v) is 5.00. The van der Waals surface area contributed by atoms with E-state index >= 15 is 0 Å². The summed E-state index contributed by atoms with van der Waals surface area (Å²) in [6.45, 7) is 6.21. The highest BCUT2D eigenvalue weighted by Gasteiger charge is 2.19. The molecule has 0 aliphatic carbocycles. The third-order valence-electron chi connectivity index (χ3n) is 3.28. The molecule has 1 aliphatic heterocycles. The predicted octanol–water partition coefficient (Wildman–Crippen LogP) is 2.11. The molecule has 1 aliphatic rings. The first kappa shape index (κ1) is 12.5. The van der Waals surface area contributed by atoms with Gasteiger partial charge in [0.25, 0.3) is 0 Å². The Hall–Kier alpha value is 0.400. The Labute approximate surface area is 95.8 Å². The maximum atomic E-state index is 9.03. The van der Waals surface area contributed by atoms with Crippen LogP contribution in [0.25, 0.3) is 0 Å². The monoisotopic (exact) mass is 263 g/mol. The van der Waals surface area contributed by atoms with E-state index in [9.17, 15) is 0 Å². The van der Waals surface area contributed by atoms with E-state index < -0.39 is 0 Å². The van der Waals surface area contributed by atoms with Crippen LogP contribution in [0.1, 0.15) is 26.2 Å². The highest BCUT2D eigenvalue weighted by Crippen LogP contribution is 2.18. The van der Waals surface area contributed by atoms with E-state index in [-0.39, 0.29) is 0 Å². The number of piperidine rings is 1. The summed E-state index contributed by atoms with van der Waals surface area (Å²) >= 11 is 3.56. The molecule has 1 N–H and O–H groups in total. The normalized spacial score (nSPS) is 22.5. The van der Waals surface area contributed by atoms with Crippen LogP contribution in [0.5, 0.6) is 0 Å². The SMILES string of the molecule is CCC(CBr)CN1CCC(CO)CC1. The lowest BCUT2D eigenvalue weighted by Crippen LogP contribution is -2.38. The van der Waals surface area contributed by atoms with E-state index in [1.165, 1.54) is 38.9 Å². The minimum absolute atomic E-state index is 0.378. The van der Waals surface area contributed by atoms with Gasteiger partial charge in [0.05, 0.1) is 0 Å². The van der Waals surface area contributed by atoms with Gasteiger partial charge in [-0.2, -0.15) is 0 Å². The van der Waals surface area contributed by atoms with E-state index in [1.807, 2.05) is 0 Å². The van der Waals surface area contributed by atoms with Crippen LogP contribution in [0.2, 0.25) is 0 Å². The van der Waals surface area contributed by atoms with Crippen molar-refractivity contribution in [1.29, 1.82) is 0 Å². The third kappa shape index (κ3) is 3.87. The topological polar surface area (TPSA) is 23.5 Å². The number of hydrogen-bond acceptors (Lipinski definition) is 2. The van der Waals surface area contributed by atoms with Gasteiger partial charge >= 0.3 is 0 Å². The third-order valence-corrected chi connectivity index (χ3v) is 4.19. The average molecular weight is 264 g/mol. The van der Waals surface area contributed by atoms with E-state index in [0.29, 0.717) is 12.5 Å². The first-order valence-corrected chi connectivity index (χ1v) is 6.81. The number of nitrogens with zero attached hydrogens (tertiary/aromatic N) is 1. The van der Waals surface area contributed by atoms with Crippen LogP contribution in [0.3, 0.4) is 0 Å². The number of alkyl halides is 1. The summed E-state index contributed by atoms with van der Waals surface area (Å²) < 4.78 is 0. The molecular weight excluding hydrogens is 242 g/mol. The van der Waals surface area contributed by atoms with Crippen molar-refractivity contribution >= 4 is 15.9 Å². The van der Waals surface area contributed by atoms with Gasteiger partial charge in [-0.1, -0.05) is 29.3 Å². The van der Waals surface area contributed by atoms with Crippen molar-refractivity contribution < 1.29 is 5.11 Å². The van der Waals surface area contributed by atoms with Crippen LogP contribution in [0.15, 0.2) is 0 Å². The number of halogens is 1. The molecule has 1 rings (SSSR count). The highest BCUT2D eigenvalue weighted by atomic mass is 79.9. The zero-order valence-electron chi connectivity index (χ0n) is 9.08. The first-order chi connectivity index (χ1) is 6.80. The number of aliphatic hydroxyl groups excluding tert-OH is 1. The van der Waals surface area contributed by atoms with Gasteiger partial charge in [-0.15, -0.1) is 0 Å². The van der Waals surface area contributed by atoms with Gasteiger partial charge in [0.2, 0.25) is 0 Å². The minimum Gasteiger partial charge on any atom is -0.396 e. The Bertz CT molecular complexity index is 142. The molecule has 2 nitrogen and oxygen atoms in total. The molecule has 0 spiro atoms. The molecule has 0 radical (unpaired) electrons. The largest absolute Gasteiger partial charge is 0.396 e. The van der Waals surface area contributed by atoms with E-state index in [2.05, 4.69) is 27.8 Å². The fourth-order valence-electron chi connectivity index (χ4n) is 2.00. The second kappa shape index (κ2) is 6.81. The van der Waals surface area contributed by atoms with Crippen LogP contribution >= 0.6 is 15.9 Å². The molecule has 0 aromatic carbocycles. The number of aliphatic hydroxyl groups is 1. The second-order valence-electron chi connectivity index (χ2n) is 4.36. The van der Waals surface area contributed by atoms with Crippen molar-refractivity contribution in [2.24, 2.45) is 11.8 Å². The quantitative estimate of drug-likeness (QED) is 0.769. The smallest absolute Gasteiger partial charge is 0.0460 e. The molecule has 3 heteroatoms. The van der Waals surface area contributed by atoms with Crippen LogP contribution in [-0.2, 0) is 0 Å². The van der Waals surface area contributed by atoms with Crippen molar-refractivity contribution in [2.45, 2.75) is 26.2 Å². The maximum absolute atomic E-state index is 9.03. The summed E-state index contributed by atoms with van der Waals surface area (Å²) in [5, 5.41) is 10.1. The average Bonchev–Trinajstić information content (AvgIpc) is 2.26. The Morgan fingerprint density at radius 2 is 2.07 bits per heavy atom. The molecular formula is C11H22BrNO. The Kier molecular flexibility index (Phi) is 6.06. The lowest BCUT2D eigenvalue weighted by atomic mass is 9.97. The molecule has 14 heavy (non-hydrogen) atoms. The Balaban J connectivity index is 2.21. The standard InChI is InChI=1S/C11H22BrNO/c1-2-10(7-12)8-13-5-3-11(9-14)4-6-13/h10-11,14H,2-9H2,1H3. The lowest BCUT2D eigenvalue weighted by molar-refractivity contribution is 0.121. The van der Waals surface area contributed by atoms with Crippen molar-refractivity contribution in [3.63, 3.8) is 0 Å². The Morgan fingerprint density at radius 1 is 1.43 bits per heavy atom. The van der Waals surface area contributed by atoms with E-state index in [4.69, 9.17) is 5.11 Å². The Morgan fingerprint density at radius 3 is 2.50 bits per heavy atom. The zero-order valence-corrected chi connectivity index (χ0v) is 10.7. The molecule has 1 heterocycles. The number of hydrogen-bond donors (Lipinski definition) is 1. The molecule has 84 valence electrons.